The molecule has 0 radical (unpaired) electrons. The third-order valence-corrected chi connectivity index (χ3v) is 13.4. The number of ether oxygens (including phenoxy) is 2. The van der Waals surface area contributed by atoms with Crippen LogP contribution in [0.3, 0.4) is 0 Å². The van der Waals surface area contributed by atoms with Crippen LogP contribution < -0.4 is 14.8 Å². The summed E-state index contributed by atoms with van der Waals surface area (Å²) in [6, 6.07) is 4.14. The maximum absolute atomic E-state index is 14.0. The Labute approximate surface area is 275 Å². The number of nitrogens with one attached hydrogen (secondary N) is 1. The fourth-order valence-electron chi connectivity index (χ4n) is 4.92. The lowest BCUT2D eigenvalue weighted by molar-refractivity contribution is -0.122. The monoisotopic (exact) mass is 670 g/mol. The average molecular weight is 671 g/mol. The van der Waals surface area contributed by atoms with E-state index in [4.69, 9.17) is 13.9 Å². The molecule has 4 rings (SSSR count). The molecule has 0 unspecified atom stereocenters. The van der Waals surface area contributed by atoms with Crippen LogP contribution in [-0.4, -0.2) is 83.2 Å². The summed E-state index contributed by atoms with van der Waals surface area (Å²) in [6.45, 7) is 18.1. The van der Waals surface area contributed by atoms with Crippen LogP contribution in [0.2, 0.25) is 18.1 Å². The molecule has 1 fully saturated rings. The topological polar surface area (TPSA) is 119 Å². The summed E-state index contributed by atoms with van der Waals surface area (Å²) in [5, 5.41) is 2.75. The lowest BCUT2D eigenvalue weighted by atomic mass is 9.95. The van der Waals surface area contributed by atoms with E-state index in [1.54, 1.807) is 19.2 Å². The zero-order valence-corrected chi connectivity index (χ0v) is 29.5. The first-order valence-corrected chi connectivity index (χ1v) is 18.3. The van der Waals surface area contributed by atoms with Gasteiger partial charge in [0.1, 0.15) is 5.82 Å². The minimum Gasteiger partial charge on any atom is -0.481 e. The maximum Gasteiger partial charge on any atom is 0.256 e. The highest BCUT2D eigenvalue weighted by Crippen LogP contribution is 2.37. The zero-order valence-electron chi connectivity index (χ0n) is 28.5. The summed E-state index contributed by atoms with van der Waals surface area (Å²) in [4.78, 5) is 43.6. The Bertz CT molecular complexity index is 1600. The number of nitrogens with zero attached hydrogens (tertiary/aromatic N) is 5. The molecule has 3 heterocycles. The van der Waals surface area contributed by atoms with Gasteiger partial charge in [-0.15, -0.1) is 0 Å². The molecule has 1 saturated heterocycles. The number of hydrogen-bond acceptors (Lipinski definition) is 9. The van der Waals surface area contributed by atoms with E-state index in [0.717, 1.165) is 17.7 Å². The maximum atomic E-state index is 14.0. The minimum absolute atomic E-state index is 0.00588. The third-order valence-electron chi connectivity index (χ3n) is 8.89. The number of rotatable bonds is 10. The molecule has 47 heavy (non-hydrogen) atoms. The molecule has 14 heteroatoms. The Morgan fingerprint density at radius 2 is 1.74 bits per heavy atom. The number of hydrogen-bond donors (Lipinski definition) is 1. The Balaban J connectivity index is 1.40. The lowest BCUT2D eigenvalue weighted by Gasteiger charge is -2.48. The first-order chi connectivity index (χ1) is 21.9. The van der Waals surface area contributed by atoms with Crippen LogP contribution in [0.25, 0.3) is 0 Å². The van der Waals surface area contributed by atoms with Crippen molar-refractivity contribution in [1.29, 1.82) is 0 Å². The molecular weight excluding hydrogens is 626 g/mol. The van der Waals surface area contributed by atoms with E-state index >= 15 is 0 Å². The van der Waals surface area contributed by atoms with Crippen LogP contribution >= 0.6 is 0 Å². The molecule has 11 nitrogen and oxygen atoms in total. The number of carbonyl (C=O) groups excluding carboxylic acids is 2. The molecule has 1 atom stereocenters. The van der Waals surface area contributed by atoms with Crippen molar-refractivity contribution in [1.82, 2.24) is 24.8 Å². The minimum atomic E-state index is -2.09. The summed E-state index contributed by atoms with van der Waals surface area (Å²) in [5.41, 5.74) is 0.568. The number of halogens is 2. The van der Waals surface area contributed by atoms with Crippen molar-refractivity contribution >= 4 is 25.9 Å². The number of methoxy groups -OCH3 is 1. The SMILES string of the molecule is COc1cc(CO[Si](C)(C)C(C)(C)C)c(C(=O)N2CCN([C@@H](C)C(=O)Nc3cnc(Oc4ccc(F)cc4F)cn3)CC2(C)C)cn1. The molecular formula is C33H44F2N6O5Si. The molecule has 3 aromatic rings. The number of pyridine rings is 1. The van der Waals surface area contributed by atoms with Crippen LogP contribution in [-0.2, 0) is 15.8 Å². The molecule has 0 aliphatic carbocycles. The molecule has 0 saturated carbocycles. The van der Waals surface area contributed by atoms with Gasteiger partial charge in [-0.3, -0.25) is 14.5 Å². The molecule has 1 aliphatic heterocycles. The van der Waals surface area contributed by atoms with Gasteiger partial charge in [0.05, 0.1) is 43.3 Å². The molecule has 254 valence electrons. The van der Waals surface area contributed by atoms with E-state index in [9.17, 15) is 18.4 Å². The molecule has 0 bridgehead atoms. The van der Waals surface area contributed by atoms with E-state index in [-0.39, 0.29) is 40.9 Å². The van der Waals surface area contributed by atoms with Gasteiger partial charge >= 0.3 is 0 Å². The van der Waals surface area contributed by atoms with Crippen LogP contribution in [0.1, 0.15) is 57.5 Å². The third kappa shape index (κ3) is 8.48. The van der Waals surface area contributed by atoms with Crippen LogP contribution in [0.15, 0.2) is 42.9 Å². The first kappa shape index (κ1) is 35.8. The second-order valence-electron chi connectivity index (χ2n) is 13.8. The molecule has 1 N–H and O–H groups in total. The van der Waals surface area contributed by atoms with Crippen LogP contribution in [0.4, 0.5) is 14.6 Å². The number of benzene rings is 1. The van der Waals surface area contributed by atoms with Gasteiger partial charge in [0.2, 0.25) is 17.7 Å². The molecule has 2 aromatic heterocycles. The summed E-state index contributed by atoms with van der Waals surface area (Å²) < 4.78 is 44.2. The van der Waals surface area contributed by atoms with Gasteiger partial charge in [0.15, 0.2) is 25.7 Å². The van der Waals surface area contributed by atoms with Crippen molar-refractivity contribution in [3.63, 3.8) is 0 Å². The summed E-state index contributed by atoms with van der Waals surface area (Å²) in [5.74, 6) is -1.70. The highest BCUT2D eigenvalue weighted by Gasteiger charge is 2.41. The lowest BCUT2D eigenvalue weighted by Crippen LogP contribution is -2.63. The highest BCUT2D eigenvalue weighted by molar-refractivity contribution is 6.74. The Hall–Kier alpha value is -4.01. The van der Waals surface area contributed by atoms with Crippen molar-refractivity contribution < 1.29 is 32.3 Å². The average Bonchev–Trinajstić information content (AvgIpc) is 3.00. The first-order valence-electron chi connectivity index (χ1n) is 15.4. The van der Waals surface area contributed by atoms with Crippen molar-refractivity contribution in [2.45, 2.75) is 77.9 Å². The zero-order chi connectivity index (χ0) is 34.7. The fourth-order valence-corrected chi connectivity index (χ4v) is 5.87. The van der Waals surface area contributed by atoms with Crippen molar-refractivity contribution in [3.8, 4) is 17.5 Å². The second-order valence-corrected chi connectivity index (χ2v) is 18.6. The smallest absolute Gasteiger partial charge is 0.256 e. The number of carbonyl (C=O) groups is 2. The van der Waals surface area contributed by atoms with Crippen LogP contribution in [0.5, 0.6) is 17.5 Å². The van der Waals surface area contributed by atoms with E-state index in [0.29, 0.717) is 37.1 Å². The van der Waals surface area contributed by atoms with E-state index in [1.165, 1.54) is 19.5 Å². The van der Waals surface area contributed by atoms with E-state index in [2.05, 4.69) is 54.1 Å². The standard InChI is InChI=1S/C33H44F2N6O5Si/c1-21(30(42)39-27-17-38-29(18-36-27)46-26-11-10-23(34)15-25(26)35)40-12-13-41(33(5,6)20-40)31(43)24-16-37-28(44-7)14-22(24)19-45-47(8,9)32(2,3)4/h10-11,14-18,21H,12-13,19-20H2,1-9H3,(H,36,39,42)/t21-/m0/s1. The number of anilines is 1. The van der Waals surface area contributed by atoms with Gasteiger partial charge in [-0.2, -0.15) is 0 Å². The fraction of sp³-hybridized carbons (Fsp3) is 0.485. The van der Waals surface area contributed by atoms with Crippen molar-refractivity contribution in [2.75, 3.05) is 32.1 Å². The Morgan fingerprint density at radius 1 is 1.04 bits per heavy atom. The van der Waals surface area contributed by atoms with E-state index in [1.807, 2.05) is 23.6 Å². The Kier molecular flexibility index (Phi) is 10.7. The summed E-state index contributed by atoms with van der Waals surface area (Å²) in [7, 11) is -0.557. The normalized spacial score (nSPS) is 16.0. The number of amides is 2. The summed E-state index contributed by atoms with van der Waals surface area (Å²) >= 11 is 0. The van der Waals surface area contributed by atoms with Gasteiger partial charge < -0.3 is 24.1 Å². The molecule has 2 amide bonds. The quantitative estimate of drug-likeness (QED) is 0.258. The van der Waals surface area contributed by atoms with Gasteiger partial charge in [0, 0.05) is 38.0 Å². The van der Waals surface area contributed by atoms with Gasteiger partial charge in [-0.1, -0.05) is 20.8 Å². The Morgan fingerprint density at radius 3 is 2.34 bits per heavy atom. The highest BCUT2D eigenvalue weighted by atomic mass is 28.4. The number of piperazine rings is 1. The number of aromatic nitrogens is 3. The largest absolute Gasteiger partial charge is 0.481 e. The predicted molar refractivity (Wildman–Crippen MR) is 176 cm³/mol. The van der Waals surface area contributed by atoms with Crippen molar-refractivity contribution in [3.05, 3.63) is 65.6 Å². The molecule has 1 aromatic carbocycles. The second kappa shape index (κ2) is 14.0. The van der Waals surface area contributed by atoms with Gasteiger partial charge in [-0.25, -0.2) is 23.7 Å². The van der Waals surface area contributed by atoms with Gasteiger partial charge in [-0.05, 0) is 56.6 Å². The molecule has 1 aliphatic rings. The van der Waals surface area contributed by atoms with Crippen molar-refractivity contribution in [2.24, 2.45) is 0 Å². The molecule has 0 spiro atoms. The summed E-state index contributed by atoms with van der Waals surface area (Å²) in [6.07, 6.45) is 4.07. The van der Waals surface area contributed by atoms with E-state index < -0.39 is 31.5 Å². The van der Waals surface area contributed by atoms with Crippen LogP contribution in [0, 0.1) is 11.6 Å². The van der Waals surface area contributed by atoms with Gasteiger partial charge in [0.25, 0.3) is 5.91 Å². The predicted octanol–water partition coefficient (Wildman–Crippen LogP) is 6.04.